The first kappa shape index (κ1) is 22.4. The van der Waals surface area contributed by atoms with Crippen molar-refractivity contribution in [3.05, 3.63) is 72.5 Å². The van der Waals surface area contributed by atoms with Crippen molar-refractivity contribution in [1.82, 2.24) is 34.3 Å². The number of aryl methyl sites for hydroxylation is 1. The number of halogens is 1. The topological polar surface area (TPSA) is 89.3 Å². The highest BCUT2D eigenvalue weighted by molar-refractivity contribution is 5.81. The average molecular weight is 487 g/mol. The Bertz CT molecular complexity index is 1480. The molecule has 9 nitrogen and oxygen atoms in total. The van der Waals surface area contributed by atoms with Crippen LogP contribution in [0.2, 0.25) is 0 Å². The van der Waals surface area contributed by atoms with E-state index in [-0.39, 0.29) is 5.82 Å². The standard InChI is InChI=1S/C26H27FN8O/c1-28-22-14-35-23(30-22)8-7-21(31-35)24-25(17-3-5-19(27)6-4-17)32-33(2)26(24)18-9-11-34(12-10-18)13-20-15-36-16-29-20/h3-8,14-16,18,28H,9-13H2,1-2H3. The number of nitrogens with zero attached hydrogens (tertiary/aromatic N) is 7. The van der Waals surface area contributed by atoms with Crippen LogP contribution in [0, 0.1) is 5.82 Å². The van der Waals surface area contributed by atoms with Gasteiger partial charge in [-0.05, 0) is 62.3 Å². The molecule has 1 fully saturated rings. The molecule has 1 aliphatic rings. The summed E-state index contributed by atoms with van der Waals surface area (Å²) in [5, 5.41) is 12.9. The first-order valence-corrected chi connectivity index (χ1v) is 12.1. The monoisotopic (exact) mass is 486 g/mol. The van der Waals surface area contributed by atoms with Gasteiger partial charge in [-0.15, -0.1) is 0 Å². The highest BCUT2D eigenvalue weighted by Crippen LogP contribution is 2.40. The van der Waals surface area contributed by atoms with Crippen molar-refractivity contribution < 1.29 is 8.81 Å². The molecule has 0 amide bonds. The van der Waals surface area contributed by atoms with Gasteiger partial charge >= 0.3 is 0 Å². The molecular weight excluding hydrogens is 459 g/mol. The Kier molecular flexibility index (Phi) is 5.73. The number of likely N-dealkylation sites (tertiary alicyclic amines) is 1. The second kappa shape index (κ2) is 9.19. The molecule has 5 aromatic rings. The Balaban J connectivity index is 1.39. The minimum atomic E-state index is -0.270. The Labute approximate surface area is 207 Å². The SMILES string of the molecule is CNc1cn2nc(-c3c(-c4ccc(F)cc4)nn(C)c3C3CCN(Cc4cocn4)CC3)ccc2n1. The van der Waals surface area contributed by atoms with E-state index in [0.717, 1.165) is 77.8 Å². The van der Waals surface area contributed by atoms with Crippen molar-refractivity contribution in [3.63, 3.8) is 0 Å². The number of piperidine rings is 1. The number of benzene rings is 1. The number of hydrogen-bond acceptors (Lipinski definition) is 7. The fourth-order valence-electron chi connectivity index (χ4n) is 5.11. The summed E-state index contributed by atoms with van der Waals surface area (Å²) in [6.45, 7) is 2.69. The summed E-state index contributed by atoms with van der Waals surface area (Å²) in [5.41, 5.74) is 6.33. The summed E-state index contributed by atoms with van der Waals surface area (Å²) in [6, 6.07) is 10.5. The lowest BCUT2D eigenvalue weighted by atomic mass is 9.88. The molecule has 1 N–H and O–H groups in total. The maximum Gasteiger partial charge on any atom is 0.180 e. The zero-order chi connectivity index (χ0) is 24.6. The third-order valence-corrected chi connectivity index (χ3v) is 6.88. The number of fused-ring (bicyclic) bond motifs is 1. The summed E-state index contributed by atoms with van der Waals surface area (Å²) >= 11 is 0. The summed E-state index contributed by atoms with van der Waals surface area (Å²) in [7, 11) is 3.83. The number of rotatable bonds is 6. The van der Waals surface area contributed by atoms with Gasteiger partial charge in [-0.25, -0.2) is 18.9 Å². The van der Waals surface area contributed by atoms with Crippen LogP contribution >= 0.6 is 0 Å². The van der Waals surface area contributed by atoms with Gasteiger partial charge in [-0.2, -0.15) is 10.2 Å². The minimum Gasteiger partial charge on any atom is -0.451 e. The predicted octanol–water partition coefficient (Wildman–Crippen LogP) is 4.35. The van der Waals surface area contributed by atoms with Crippen LogP contribution in [0.25, 0.3) is 28.2 Å². The predicted molar refractivity (Wildman–Crippen MR) is 134 cm³/mol. The fraction of sp³-hybridized carbons (Fsp3) is 0.308. The maximum absolute atomic E-state index is 13.7. The molecule has 36 heavy (non-hydrogen) atoms. The molecule has 0 unspecified atom stereocenters. The summed E-state index contributed by atoms with van der Waals surface area (Å²) < 4.78 is 22.6. The van der Waals surface area contributed by atoms with Crippen LogP contribution in [0.5, 0.6) is 0 Å². The molecule has 4 aromatic heterocycles. The molecule has 0 saturated carbocycles. The Morgan fingerprint density at radius 1 is 1.08 bits per heavy atom. The first-order chi connectivity index (χ1) is 17.6. The smallest absolute Gasteiger partial charge is 0.180 e. The van der Waals surface area contributed by atoms with Crippen molar-refractivity contribution in [2.24, 2.45) is 7.05 Å². The second-order valence-electron chi connectivity index (χ2n) is 9.17. The summed E-state index contributed by atoms with van der Waals surface area (Å²) in [5.74, 6) is 0.797. The van der Waals surface area contributed by atoms with Crippen LogP contribution in [0.15, 0.2) is 59.7 Å². The Hall–Kier alpha value is -4.05. The Morgan fingerprint density at radius 2 is 1.89 bits per heavy atom. The molecule has 0 bridgehead atoms. The van der Waals surface area contributed by atoms with Gasteiger partial charge in [-0.3, -0.25) is 9.58 Å². The molecule has 10 heteroatoms. The van der Waals surface area contributed by atoms with E-state index < -0.39 is 0 Å². The van der Waals surface area contributed by atoms with Crippen LogP contribution in [0.1, 0.15) is 30.1 Å². The number of oxazole rings is 1. The van der Waals surface area contributed by atoms with E-state index in [1.165, 1.54) is 18.5 Å². The van der Waals surface area contributed by atoms with Crippen molar-refractivity contribution in [2.75, 3.05) is 25.5 Å². The first-order valence-electron chi connectivity index (χ1n) is 12.1. The molecule has 1 saturated heterocycles. The van der Waals surface area contributed by atoms with Gasteiger partial charge in [0, 0.05) is 32.1 Å². The largest absolute Gasteiger partial charge is 0.451 e. The molecule has 1 aromatic carbocycles. The lowest BCUT2D eigenvalue weighted by molar-refractivity contribution is 0.199. The van der Waals surface area contributed by atoms with Gasteiger partial charge in [0.25, 0.3) is 0 Å². The molecular formula is C26H27FN8O. The molecule has 5 heterocycles. The molecule has 0 spiro atoms. The van der Waals surface area contributed by atoms with E-state index in [1.807, 2.05) is 37.1 Å². The minimum absolute atomic E-state index is 0.270. The van der Waals surface area contributed by atoms with E-state index in [2.05, 4.69) is 20.2 Å². The zero-order valence-electron chi connectivity index (χ0n) is 20.2. The van der Waals surface area contributed by atoms with E-state index in [1.54, 1.807) is 22.9 Å². The van der Waals surface area contributed by atoms with Gasteiger partial charge in [0.2, 0.25) is 0 Å². The van der Waals surface area contributed by atoms with Crippen molar-refractivity contribution in [3.8, 4) is 22.5 Å². The van der Waals surface area contributed by atoms with E-state index >= 15 is 0 Å². The number of aromatic nitrogens is 6. The van der Waals surface area contributed by atoms with E-state index in [4.69, 9.17) is 14.6 Å². The molecule has 0 atom stereocenters. The lowest BCUT2D eigenvalue weighted by Gasteiger charge is -2.32. The third kappa shape index (κ3) is 4.13. The van der Waals surface area contributed by atoms with Crippen LogP contribution in [0.3, 0.4) is 0 Å². The summed E-state index contributed by atoms with van der Waals surface area (Å²) in [6.07, 6.45) is 7.03. The van der Waals surface area contributed by atoms with Crippen molar-refractivity contribution in [1.29, 1.82) is 0 Å². The summed E-state index contributed by atoms with van der Waals surface area (Å²) in [4.78, 5) is 11.2. The molecule has 184 valence electrons. The van der Waals surface area contributed by atoms with E-state index in [9.17, 15) is 4.39 Å². The number of nitrogens with one attached hydrogen (secondary N) is 1. The van der Waals surface area contributed by atoms with Gasteiger partial charge in [0.1, 0.15) is 23.6 Å². The zero-order valence-corrected chi connectivity index (χ0v) is 20.2. The number of hydrogen-bond donors (Lipinski definition) is 1. The van der Waals surface area contributed by atoms with Gasteiger partial charge < -0.3 is 9.73 Å². The molecule has 0 aliphatic carbocycles. The second-order valence-corrected chi connectivity index (χ2v) is 9.17. The van der Waals surface area contributed by atoms with Crippen molar-refractivity contribution >= 4 is 11.5 Å². The molecule has 6 rings (SSSR count). The molecule has 0 radical (unpaired) electrons. The maximum atomic E-state index is 13.7. The van der Waals surface area contributed by atoms with Gasteiger partial charge in [-0.1, -0.05) is 0 Å². The number of anilines is 1. The highest BCUT2D eigenvalue weighted by Gasteiger charge is 2.30. The van der Waals surface area contributed by atoms with Crippen LogP contribution in [-0.2, 0) is 13.6 Å². The quantitative estimate of drug-likeness (QED) is 0.382. The van der Waals surface area contributed by atoms with E-state index in [0.29, 0.717) is 5.92 Å². The van der Waals surface area contributed by atoms with Gasteiger partial charge in [0.05, 0.1) is 28.8 Å². The van der Waals surface area contributed by atoms with Crippen LogP contribution in [0.4, 0.5) is 10.2 Å². The normalized spacial score (nSPS) is 15.1. The van der Waals surface area contributed by atoms with Crippen LogP contribution < -0.4 is 5.32 Å². The Morgan fingerprint density at radius 3 is 2.61 bits per heavy atom. The third-order valence-electron chi connectivity index (χ3n) is 6.88. The highest BCUT2D eigenvalue weighted by atomic mass is 19.1. The van der Waals surface area contributed by atoms with Gasteiger partial charge in [0.15, 0.2) is 12.0 Å². The lowest BCUT2D eigenvalue weighted by Crippen LogP contribution is -2.33. The molecule has 1 aliphatic heterocycles. The average Bonchev–Trinajstić information content (AvgIpc) is 3.63. The number of imidazole rings is 1. The fourth-order valence-corrected chi connectivity index (χ4v) is 5.11. The van der Waals surface area contributed by atoms with Crippen LogP contribution in [-0.4, -0.2) is 54.4 Å². The van der Waals surface area contributed by atoms with Crippen molar-refractivity contribution in [2.45, 2.75) is 25.3 Å².